The summed E-state index contributed by atoms with van der Waals surface area (Å²) in [5.74, 6) is 0.546. The van der Waals surface area contributed by atoms with Crippen LogP contribution in [0.2, 0.25) is 0 Å². The number of anilines is 3. The third-order valence-electron chi connectivity index (χ3n) is 4.84. The Morgan fingerprint density at radius 2 is 1.86 bits per heavy atom. The van der Waals surface area contributed by atoms with Gasteiger partial charge in [0.25, 0.3) is 0 Å². The van der Waals surface area contributed by atoms with Crippen LogP contribution in [0.5, 0.6) is 0 Å². The number of urea groups is 1. The SMILES string of the molecule is Cc1cc(C)cc(-c2cc(NC(=O)Nc3cccc(N4CCCC4=O)c3)n[nH]2)c1. The van der Waals surface area contributed by atoms with Crippen LogP contribution in [0, 0.1) is 13.8 Å². The van der Waals surface area contributed by atoms with Gasteiger partial charge in [-0.1, -0.05) is 23.3 Å². The van der Waals surface area contributed by atoms with Gasteiger partial charge in [0.05, 0.1) is 5.69 Å². The Morgan fingerprint density at radius 3 is 2.59 bits per heavy atom. The van der Waals surface area contributed by atoms with E-state index >= 15 is 0 Å². The molecule has 7 heteroatoms. The van der Waals surface area contributed by atoms with Gasteiger partial charge in [-0.15, -0.1) is 0 Å². The molecule has 4 rings (SSSR count). The maximum atomic E-state index is 12.4. The summed E-state index contributed by atoms with van der Waals surface area (Å²) in [5, 5.41) is 12.7. The molecule has 0 spiro atoms. The van der Waals surface area contributed by atoms with Gasteiger partial charge in [0.1, 0.15) is 0 Å². The number of hydrogen-bond donors (Lipinski definition) is 3. The molecular formula is C22H23N5O2. The second-order valence-corrected chi connectivity index (χ2v) is 7.32. The minimum absolute atomic E-state index is 0.113. The molecular weight excluding hydrogens is 366 g/mol. The molecule has 29 heavy (non-hydrogen) atoms. The summed E-state index contributed by atoms with van der Waals surface area (Å²) in [5.41, 5.74) is 5.59. The minimum atomic E-state index is -0.395. The molecule has 1 aromatic heterocycles. The van der Waals surface area contributed by atoms with Crippen molar-refractivity contribution in [2.45, 2.75) is 26.7 Å². The largest absolute Gasteiger partial charge is 0.324 e. The highest BCUT2D eigenvalue weighted by Crippen LogP contribution is 2.25. The number of hydrogen-bond acceptors (Lipinski definition) is 3. The highest BCUT2D eigenvalue weighted by Gasteiger charge is 2.21. The maximum absolute atomic E-state index is 12.4. The molecule has 1 fully saturated rings. The van der Waals surface area contributed by atoms with Gasteiger partial charge in [0.2, 0.25) is 5.91 Å². The van der Waals surface area contributed by atoms with Crippen molar-refractivity contribution in [3.63, 3.8) is 0 Å². The summed E-state index contributed by atoms with van der Waals surface area (Å²) >= 11 is 0. The van der Waals surface area contributed by atoms with E-state index in [2.05, 4.69) is 39.0 Å². The molecule has 1 aliphatic rings. The number of benzene rings is 2. The number of amides is 3. The van der Waals surface area contributed by atoms with Crippen LogP contribution in [0.4, 0.5) is 22.0 Å². The molecule has 3 amide bonds. The van der Waals surface area contributed by atoms with Crippen molar-refractivity contribution in [3.8, 4) is 11.3 Å². The van der Waals surface area contributed by atoms with Crippen LogP contribution in [-0.2, 0) is 4.79 Å². The molecule has 0 radical (unpaired) electrons. The first-order chi connectivity index (χ1) is 14.0. The predicted molar refractivity (Wildman–Crippen MR) is 114 cm³/mol. The second-order valence-electron chi connectivity index (χ2n) is 7.32. The number of carbonyl (C=O) groups is 2. The first kappa shape index (κ1) is 18.7. The number of nitrogens with zero attached hydrogens (tertiary/aromatic N) is 2. The number of rotatable bonds is 4. The summed E-state index contributed by atoms with van der Waals surface area (Å²) in [6.07, 6.45) is 1.43. The third kappa shape index (κ3) is 4.29. The molecule has 2 heterocycles. The van der Waals surface area contributed by atoms with Gasteiger partial charge in [-0.25, -0.2) is 4.79 Å². The number of aromatic amines is 1. The fourth-order valence-electron chi connectivity index (χ4n) is 3.62. The number of aromatic nitrogens is 2. The molecule has 0 atom stereocenters. The lowest BCUT2D eigenvalue weighted by atomic mass is 10.1. The standard InChI is InChI=1S/C22H23N5O2/c1-14-9-15(2)11-16(10-14)19-13-20(26-25-19)24-22(29)23-17-5-3-6-18(12-17)27-8-4-7-21(27)28/h3,5-6,9-13H,4,7-8H2,1-2H3,(H3,23,24,25,26,29). The van der Waals surface area contributed by atoms with E-state index in [1.54, 1.807) is 23.1 Å². The monoisotopic (exact) mass is 389 g/mol. The second kappa shape index (κ2) is 7.79. The predicted octanol–water partition coefficient (Wildman–Crippen LogP) is 4.46. The van der Waals surface area contributed by atoms with Gasteiger partial charge >= 0.3 is 6.03 Å². The van der Waals surface area contributed by atoms with E-state index in [0.717, 1.165) is 23.4 Å². The number of H-pyrrole nitrogens is 1. The molecule has 0 aliphatic carbocycles. The van der Waals surface area contributed by atoms with E-state index in [4.69, 9.17) is 0 Å². The van der Waals surface area contributed by atoms with Gasteiger partial charge in [-0.3, -0.25) is 15.2 Å². The zero-order valence-electron chi connectivity index (χ0n) is 16.5. The topological polar surface area (TPSA) is 90.1 Å². The molecule has 0 saturated carbocycles. The van der Waals surface area contributed by atoms with Crippen molar-refractivity contribution in [2.75, 3.05) is 22.1 Å². The van der Waals surface area contributed by atoms with Crippen LogP contribution in [-0.4, -0.2) is 28.7 Å². The Balaban J connectivity index is 1.43. The first-order valence-corrected chi connectivity index (χ1v) is 9.60. The van der Waals surface area contributed by atoms with E-state index in [9.17, 15) is 9.59 Å². The molecule has 3 aromatic rings. The van der Waals surface area contributed by atoms with Crippen molar-refractivity contribution in [3.05, 3.63) is 59.7 Å². The first-order valence-electron chi connectivity index (χ1n) is 9.60. The molecule has 0 unspecified atom stereocenters. The average molecular weight is 389 g/mol. The maximum Gasteiger partial charge on any atom is 0.324 e. The quantitative estimate of drug-likeness (QED) is 0.615. The highest BCUT2D eigenvalue weighted by molar-refractivity contribution is 6.00. The summed E-state index contributed by atoms with van der Waals surface area (Å²) in [7, 11) is 0. The summed E-state index contributed by atoms with van der Waals surface area (Å²) in [6.45, 7) is 4.80. The van der Waals surface area contributed by atoms with Crippen molar-refractivity contribution < 1.29 is 9.59 Å². The highest BCUT2D eigenvalue weighted by atomic mass is 16.2. The smallest absolute Gasteiger partial charge is 0.312 e. The van der Waals surface area contributed by atoms with Gasteiger partial charge in [-0.2, -0.15) is 5.10 Å². The van der Waals surface area contributed by atoms with Crippen molar-refractivity contribution in [1.82, 2.24) is 10.2 Å². The lowest BCUT2D eigenvalue weighted by Gasteiger charge is -2.16. The van der Waals surface area contributed by atoms with Crippen LogP contribution in [0.25, 0.3) is 11.3 Å². The fourth-order valence-corrected chi connectivity index (χ4v) is 3.62. The summed E-state index contributed by atoms with van der Waals surface area (Å²) < 4.78 is 0. The van der Waals surface area contributed by atoms with Gasteiger partial charge in [-0.05, 0) is 50.6 Å². The summed E-state index contributed by atoms with van der Waals surface area (Å²) in [4.78, 5) is 26.0. The van der Waals surface area contributed by atoms with E-state index in [1.807, 2.05) is 26.0 Å². The van der Waals surface area contributed by atoms with Crippen LogP contribution in [0.3, 0.4) is 0 Å². The molecule has 1 aliphatic heterocycles. The van der Waals surface area contributed by atoms with Crippen molar-refractivity contribution >= 4 is 29.1 Å². The number of nitrogens with one attached hydrogen (secondary N) is 3. The van der Waals surface area contributed by atoms with Crippen molar-refractivity contribution in [1.29, 1.82) is 0 Å². The number of carbonyl (C=O) groups excluding carboxylic acids is 2. The number of aryl methyl sites for hydroxylation is 2. The van der Waals surface area contributed by atoms with Crippen LogP contribution in [0.15, 0.2) is 48.5 Å². The third-order valence-corrected chi connectivity index (χ3v) is 4.84. The van der Waals surface area contributed by atoms with Crippen LogP contribution >= 0.6 is 0 Å². The molecule has 3 N–H and O–H groups in total. The Bertz CT molecular complexity index is 1050. The summed E-state index contributed by atoms with van der Waals surface area (Å²) in [6, 6.07) is 14.9. The molecule has 2 aromatic carbocycles. The Labute approximate surface area is 169 Å². The Hall–Kier alpha value is -3.61. The van der Waals surface area contributed by atoms with E-state index in [1.165, 1.54) is 11.1 Å². The Morgan fingerprint density at radius 1 is 1.07 bits per heavy atom. The average Bonchev–Trinajstić information content (AvgIpc) is 3.30. The van der Waals surface area contributed by atoms with Gasteiger partial charge < -0.3 is 10.2 Å². The lowest BCUT2D eigenvalue weighted by Crippen LogP contribution is -2.24. The van der Waals surface area contributed by atoms with E-state index in [0.29, 0.717) is 24.5 Å². The molecule has 0 bridgehead atoms. The van der Waals surface area contributed by atoms with Crippen LogP contribution in [0.1, 0.15) is 24.0 Å². The zero-order valence-corrected chi connectivity index (χ0v) is 16.5. The van der Waals surface area contributed by atoms with Crippen molar-refractivity contribution in [2.24, 2.45) is 0 Å². The van der Waals surface area contributed by atoms with Gasteiger partial charge in [0, 0.05) is 36.0 Å². The Kier molecular flexibility index (Phi) is 5.03. The van der Waals surface area contributed by atoms with Crippen LogP contribution < -0.4 is 15.5 Å². The molecule has 148 valence electrons. The lowest BCUT2D eigenvalue weighted by molar-refractivity contribution is -0.117. The normalized spacial score (nSPS) is 13.6. The zero-order chi connectivity index (χ0) is 20.4. The minimum Gasteiger partial charge on any atom is -0.312 e. The van der Waals surface area contributed by atoms with Gasteiger partial charge in [0.15, 0.2) is 5.82 Å². The molecule has 1 saturated heterocycles. The molecule has 7 nitrogen and oxygen atoms in total. The van der Waals surface area contributed by atoms with E-state index in [-0.39, 0.29) is 5.91 Å². The van der Waals surface area contributed by atoms with E-state index < -0.39 is 6.03 Å². The fraction of sp³-hybridized carbons (Fsp3) is 0.227.